The summed E-state index contributed by atoms with van der Waals surface area (Å²) >= 11 is 1.61. The van der Waals surface area contributed by atoms with Crippen molar-refractivity contribution in [3.63, 3.8) is 0 Å². The van der Waals surface area contributed by atoms with Gasteiger partial charge in [-0.15, -0.1) is 11.3 Å². The molecule has 1 unspecified atom stereocenters. The molecule has 7 nitrogen and oxygen atoms in total. The predicted molar refractivity (Wildman–Crippen MR) is 123 cm³/mol. The number of aryl methyl sites for hydroxylation is 2. The monoisotopic (exact) mass is 435 g/mol. The number of hydrogen-bond donors (Lipinski definition) is 1. The molecule has 0 amide bonds. The fourth-order valence-corrected chi connectivity index (χ4v) is 4.81. The van der Waals surface area contributed by atoms with Crippen LogP contribution in [0.3, 0.4) is 0 Å². The van der Waals surface area contributed by atoms with Crippen LogP contribution >= 0.6 is 11.3 Å². The van der Waals surface area contributed by atoms with Gasteiger partial charge in [0.1, 0.15) is 11.8 Å². The zero-order chi connectivity index (χ0) is 21.6. The number of hydrogen-bond acceptors (Lipinski definition) is 7. The summed E-state index contributed by atoms with van der Waals surface area (Å²) in [5.41, 5.74) is 4.84. The van der Waals surface area contributed by atoms with Crippen LogP contribution in [0.1, 0.15) is 67.7 Å². The smallest absolute Gasteiger partial charge is 0.187 e. The Morgan fingerprint density at radius 2 is 2.23 bits per heavy atom. The Kier molecular flexibility index (Phi) is 6.95. The first-order valence-corrected chi connectivity index (χ1v) is 11.9. The van der Waals surface area contributed by atoms with Crippen LogP contribution in [0.5, 0.6) is 0 Å². The maximum Gasteiger partial charge on any atom is 0.187 e. The van der Waals surface area contributed by atoms with Crippen molar-refractivity contribution in [2.75, 3.05) is 11.9 Å². The highest BCUT2D eigenvalue weighted by molar-refractivity contribution is 7.13. The highest BCUT2D eigenvalue weighted by Crippen LogP contribution is 2.34. The lowest BCUT2D eigenvalue weighted by Crippen LogP contribution is -2.33. The van der Waals surface area contributed by atoms with Gasteiger partial charge in [0.2, 0.25) is 0 Å². The molecule has 3 aromatic rings. The summed E-state index contributed by atoms with van der Waals surface area (Å²) in [6, 6.07) is 5.94. The first kappa shape index (κ1) is 21.5. The van der Waals surface area contributed by atoms with Gasteiger partial charge in [0.15, 0.2) is 5.13 Å². The van der Waals surface area contributed by atoms with Crippen molar-refractivity contribution in [2.45, 2.75) is 65.1 Å². The molecule has 1 atom stereocenters. The van der Waals surface area contributed by atoms with E-state index in [0.29, 0.717) is 11.7 Å². The second-order valence-corrected chi connectivity index (χ2v) is 8.94. The lowest BCUT2D eigenvalue weighted by molar-refractivity contribution is 0.137. The molecule has 3 aromatic heterocycles. The third-order valence-corrected chi connectivity index (χ3v) is 6.54. The molecule has 4 heterocycles. The molecule has 0 saturated carbocycles. The lowest BCUT2D eigenvalue weighted by Gasteiger charge is -2.34. The van der Waals surface area contributed by atoms with Crippen LogP contribution in [0.25, 0.3) is 0 Å². The van der Waals surface area contributed by atoms with E-state index in [0.717, 1.165) is 54.7 Å². The Morgan fingerprint density at radius 3 is 3.00 bits per heavy atom. The van der Waals surface area contributed by atoms with Crippen LogP contribution in [0.4, 0.5) is 10.8 Å². The number of thiazole rings is 1. The van der Waals surface area contributed by atoms with Crippen LogP contribution in [-0.4, -0.2) is 31.2 Å². The number of rotatable bonds is 8. The highest BCUT2D eigenvalue weighted by Gasteiger charge is 2.27. The van der Waals surface area contributed by atoms with Crippen molar-refractivity contribution in [1.29, 1.82) is 5.26 Å². The molecular weight excluding hydrogens is 406 g/mol. The average molecular weight is 436 g/mol. The van der Waals surface area contributed by atoms with Crippen molar-refractivity contribution >= 4 is 22.2 Å². The van der Waals surface area contributed by atoms with E-state index in [-0.39, 0.29) is 0 Å². The topological polar surface area (TPSA) is 82.7 Å². The number of likely N-dealkylation sites (tertiary alicyclic amines) is 1. The maximum atomic E-state index is 8.90. The molecule has 1 aliphatic heterocycles. The predicted octanol–water partition coefficient (Wildman–Crippen LogP) is 5.19. The Balaban J connectivity index is 1.45. The first-order chi connectivity index (χ1) is 15.2. The van der Waals surface area contributed by atoms with Crippen molar-refractivity contribution in [3.8, 4) is 6.07 Å². The van der Waals surface area contributed by atoms with E-state index in [4.69, 9.17) is 15.3 Å². The largest absolute Gasteiger partial charge is 0.330 e. The molecule has 1 aliphatic rings. The third kappa shape index (κ3) is 5.30. The molecule has 0 aromatic carbocycles. The molecule has 0 bridgehead atoms. The number of piperidine rings is 1. The maximum absolute atomic E-state index is 8.90. The molecular formula is C23H29N7S. The van der Waals surface area contributed by atoms with Gasteiger partial charge < -0.3 is 5.32 Å². The fourth-order valence-electron chi connectivity index (χ4n) is 4.04. The van der Waals surface area contributed by atoms with Crippen LogP contribution in [0.15, 0.2) is 29.9 Å². The summed E-state index contributed by atoms with van der Waals surface area (Å²) in [7, 11) is 0. The molecule has 31 heavy (non-hydrogen) atoms. The number of pyridine rings is 1. The summed E-state index contributed by atoms with van der Waals surface area (Å²) in [4.78, 5) is 11.6. The normalized spacial score (nSPS) is 16.9. The summed E-state index contributed by atoms with van der Waals surface area (Å²) in [5.74, 6) is 0. The van der Waals surface area contributed by atoms with Crippen LogP contribution in [0, 0.1) is 18.3 Å². The number of nitrogens with zero attached hydrogens (tertiary/aromatic N) is 6. The first-order valence-electron chi connectivity index (χ1n) is 11.0. The Hall–Kier alpha value is -2.76. The zero-order valence-electron chi connectivity index (χ0n) is 18.2. The van der Waals surface area contributed by atoms with Gasteiger partial charge in [-0.25, -0.2) is 9.97 Å². The zero-order valence-corrected chi connectivity index (χ0v) is 19.0. The minimum absolute atomic E-state index is 0.332. The highest BCUT2D eigenvalue weighted by atomic mass is 32.1. The van der Waals surface area contributed by atoms with Gasteiger partial charge in [0.25, 0.3) is 0 Å². The second kappa shape index (κ2) is 10.0. The van der Waals surface area contributed by atoms with E-state index < -0.39 is 0 Å². The molecule has 1 N–H and O–H groups in total. The van der Waals surface area contributed by atoms with E-state index in [1.807, 2.05) is 12.1 Å². The van der Waals surface area contributed by atoms with Crippen molar-refractivity contribution in [1.82, 2.24) is 24.6 Å². The van der Waals surface area contributed by atoms with E-state index in [9.17, 15) is 0 Å². The minimum atomic E-state index is 0.332. The fraction of sp³-hybridized carbons (Fsp3) is 0.478. The van der Waals surface area contributed by atoms with Crippen molar-refractivity contribution in [3.05, 3.63) is 52.6 Å². The molecule has 0 spiro atoms. The third-order valence-electron chi connectivity index (χ3n) is 5.77. The summed E-state index contributed by atoms with van der Waals surface area (Å²) < 4.78 is 2.10. The number of anilines is 2. The number of unbranched alkanes of at least 4 members (excludes halogenated alkanes) is 1. The molecule has 0 aliphatic carbocycles. The molecule has 4 rings (SSSR count). The number of nitriles is 1. The molecule has 1 saturated heterocycles. The van der Waals surface area contributed by atoms with Crippen LogP contribution in [0.2, 0.25) is 0 Å². The summed E-state index contributed by atoms with van der Waals surface area (Å²) in [6.45, 7) is 7.33. The minimum Gasteiger partial charge on any atom is -0.330 e. The van der Waals surface area contributed by atoms with Gasteiger partial charge >= 0.3 is 0 Å². The van der Waals surface area contributed by atoms with Gasteiger partial charge in [-0.1, -0.05) is 19.8 Å². The molecule has 1 fully saturated rings. The quantitative estimate of drug-likeness (QED) is 0.524. The standard InChI is InChI=1S/C23H29N7S/c1-3-4-11-30-15-18(17(2)28-30)14-29-10-6-5-7-22(29)21-16-31-23(27-21)26-20-9-8-19(12-24)25-13-20/h8-9,13,15-16,22H,3-7,10-11,14H2,1-2H3,(H,26,27). The Morgan fingerprint density at radius 1 is 1.32 bits per heavy atom. The average Bonchev–Trinajstić information content (AvgIpc) is 3.39. The number of nitrogens with one attached hydrogen (secondary N) is 1. The summed E-state index contributed by atoms with van der Waals surface area (Å²) in [6.07, 6.45) is 9.83. The van der Waals surface area contributed by atoms with E-state index in [1.165, 1.54) is 24.8 Å². The van der Waals surface area contributed by atoms with Gasteiger partial charge in [-0.3, -0.25) is 9.58 Å². The van der Waals surface area contributed by atoms with Crippen molar-refractivity contribution in [2.24, 2.45) is 0 Å². The molecule has 162 valence electrons. The van der Waals surface area contributed by atoms with Crippen LogP contribution in [-0.2, 0) is 13.1 Å². The van der Waals surface area contributed by atoms with Gasteiger partial charge in [0.05, 0.1) is 29.3 Å². The molecule has 8 heteroatoms. The van der Waals surface area contributed by atoms with Crippen LogP contribution < -0.4 is 5.32 Å². The summed E-state index contributed by atoms with van der Waals surface area (Å²) in [5, 5.41) is 20.0. The van der Waals surface area contributed by atoms with Gasteiger partial charge in [-0.2, -0.15) is 10.4 Å². The molecule has 0 radical (unpaired) electrons. The van der Waals surface area contributed by atoms with Gasteiger partial charge in [-0.05, 0) is 44.9 Å². The van der Waals surface area contributed by atoms with E-state index in [2.05, 4.69) is 45.3 Å². The Labute approximate surface area is 187 Å². The Bertz CT molecular complexity index is 1030. The second-order valence-electron chi connectivity index (χ2n) is 8.08. The van der Waals surface area contributed by atoms with Gasteiger partial charge in [0, 0.05) is 30.2 Å². The SMILES string of the molecule is CCCCn1cc(CN2CCCCC2c2csc(Nc3ccc(C#N)nc3)n2)c(C)n1. The lowest BCUT2D eigenvalue weighted by atomic mass is 9.99. The number of aromatic nitrogens is 4. The van der Waals surface area contributed by atoms with Crippen molar-refractivity contribution < 1.29 is 0 Å². The van der Waals surface area contributed by atoms with E-state index >= 15 is 0 Å². The van der Waals surface area contributed by atoms with E-state index in [1.54, 1.807) is 23.6 Å².